The number of hydrogen-bond acceptors (Lipinski definition) is 4. The number of benzene rings is 1. The molecule has 0 unspecified atom stereocenters. The Morgan fingerprint density at radius 1 is 1.36 bits per heavy atom. The van der Waals surface area contributed by atoms with Gasteiger partial charge in [-0.3, -0.25) is 9.36 Å². The van der Waals surface area contributed by atoms with Gasteiger partial charge in [0.25, 0.3) is 0 Å². The van der Waals surface area contributed by atoms with Gasteiger partial charge in [0.2, 0.25) is 5.82 Å². The van der Waals surface area contributed by atoms with Crippen molar-refractivity contribution in [2.24, 2.45) is 0 Å². The molecule has 5 nitrogen and oxygen atoms in total. The fourth-order valence-electron chi connectivity index (χ4n) is 1.18. The second-order valence-corrected chi connectivity index (χ2v) is 2.67. The Balaban J connectivity index is 2.60. The van der Waals surface area contributed by atoms with Crippen LogP contribution in [0.3, 0.4) is 0 Å². The normalized spacial score (nSPS) is 10.0. The third kappa shape index (κ3) is 1.24. The maximum absolute atomic E-state index is 10.6. The Bertz CT molecular complexity index is 465. The molecule has 0 aliphatic rings. The molecule has 5 heteroatoms. The molecule has 0 spiro atoms. The minimum atomic E-state index is 0.0791. The molecule has 0 aliphatic heterocycles. The van der Waals surface area contributed by atoms with Gasteiger partial charge < -0.3 is 5.11 Å². The number of carbonyl (C=O) groups is 1. The van der Waals surface area contributed by atoms with Gasteiger partial charge in [-0.15, -0.1) is 10.2 Å². The Morgan fingerprint density at radius 2 is 2.14 bits per heavy atom. The summed E-state index contributed by atoms with van der Waals surface area (Å²) in [5, 5.41) is 16.7. The number of aldehydes is 1. The highest BCUT2D eigenvalue weighted by molar-refractivity contribution is 5.70. The van der Waals surface area contributed by atoms with Crippen molar-refractivity contribution < 1.29 is 9.90 Å². The second-order valence-electron chi connectivity index (χ2n) is 2.67. The van der Waals surface area contributed by atoms with Gasteiger partial charge >= 0.3 is 0 Å². The van der Waals surface area contributed by atoms with E-state index in [0.717, 1.165) is 0 Å². The van der Waals surface area contributed by atoms with Gasteiger partial charge in [-0.25, -0.2) is 0 Å². The fourth-order valence-corrected chi connectivity index (χ4v) is 1.18. The van der Waals surface area contributed by atoms with E-state index >= 15 is 0 Å². The molecular formula is C9H7N3O2. The first-order valence-corrected chi connectivity index (χ1v) is 3.96. The van der Waals surface area contributed by atoms with Crippen LogP contribution in [0.5, 0.6) is 5.75 Å². The quantitative estimate of drug-likeness (QED) is 0.709. The summed E-state index contributed by atoms with van der Waals surface area (Å²) in [6.45, 7) is 0. The van der Waals surface area contributed by atoms with Crippen molar-refractivity contribution >= 4 is 6.29 Å². The minimum Gasteiger partial charge on any atom is -0.506 e. The monoisotopic (exact) mass is 189 g/mol. The van der Waals surface area contributed by atoms with Gasteiger partial charge in [0.15, 0.2) is 6.29 Å². The van der Waals surface area contributed by atoms with E-state index in [1.165, 1.54) is 17.0 Å². The topological polar surface area (TPSA) is 68.0 Å². The van der Waals surface area contributed by atoms with E-state index in [-0.39, 0.29) is 11.6 Å². The molecule has 0 bridgehead atoms. The van der Waals surface area contributed by atoms with Crippen molar-refractivity contribution in [1.29, 1.82) is 0 Å². The number of aromatic nitrogens is 3. The summed E-state index contributed by atoms with van der Waals surface area (Å²) in [7, 11) is 0. The van der Waals surface area contributed by atoms with Gasteiger partial charge in [-0.1, -0.05) is 12.1 Å². The van der Waals surface area contributed by atoms with Gasteiger partial charge in [-0.2, -0.15) is 0 Å². The second kappa shape index (κ2) is 3.29. The fraction of sp³-hybridized carbons (Fsp3) is 0. The Labute approximate surface area is 79.6 Å². The first-order chi connectivity index (χ1) is 6.83. The molecule has 1 aromatic heterocycles. The van der Waals surface area contributed by atoms with Crippen molar-refractivity contribution in [3.63, 3.8) is 0 Å². The summed E-state index contributed by atoms with van der Waals surface area (Å²) in [6.07, 6.45) is 1.96. The lowest BCUT2D eigenvalue weighted by Gasteiger charge is -2.04. The van der Waals surface area contributed by atoms with Crippen LogP contribution in [0.1, 0.15) is 10.6 Å². The van der Waals surface area contributed by atoms with Crippen LogP contribution in [0.15, 0.2) is 30.6 Å². The average Bonchev–Trinajstić information content (AvgIpc) is 2.66. The summed E-state index contributed by atoms with van der Waals surface area (Å²) in [5.74, 6) is 0.238. The number of rotatable bonds is 2. The third-order valence-electron chi connectivity index (χ3n) is 1.82. The van der Waals surface area contributed by atoms with Crippen molar-refractivity contribution in [2.75, 3.05) is 0 Å². The zero-order valence-electron chi connectivity index (χ0n) is 7.16. The summed E-state index contributed by atoms with van der Waals surface area (Å²) in [4.78, 5) is 10.6. The van der Waals surface area contributed by atoms with Crippen LogP contribution in [0.4, 0.5) is 0 Å². The van der Waals surface area contributed by atoms with E-state index in [2.05, 4.69) is 10.2 Å². The lowest BCUT2D eigenvalue weighted by Crippen LogP contribution is -1.98. The highest BCUT2D eigenvalue weighted by Gasteiger charge is 2.07. The summed E-state index contributed by atoms with van der Waals surface area (Å²) < 4.78 is 1.42. The molecule has 1 aromatic carbocycles. The van der Waals surface area contributed by atoms with Gasteiger partial charge in [0, 0.05) is 0 Å². The molecule has 1 N–H and O–H groups in total. The number of hydrogen-bond donors (Lipinski definition) is 1. The summed E-state index contributed by atoms with van der Waals surface area (Å²) in [6, 6.07) is 6.66. The van der Waals surface area contributed by atoms with Crippen molar-refractivity contribution in [3.05, 3.63) is 36.4 Å². The zero-order chi connectivity index (χ0) is 9.97. The average molecular weight is 189 g/mol. The third-order valence-corrected chi connectivity index (χ3v) is 1.82. The van der Waals surface area contributed by atoms with Crippen LogP contribution in [0.25, 0.3) is 5.69 Å². The highest BCUT2D eigenvalue weighted by atomic mass is 16.3. The molecule has 0 saturated carbocycles. The molecule has 0 radical (unpaired) electrons. The predicted molar refractivity (Wildman–Crippen MR) is 48.4 cm³/mol. The van der Waals surface area contributed by atoms with Crippen LogP contribution < -0.4 is 0 Å². The van der Waals surface area contributed by atoms with Gasteiger partial charge in [0.05, 0.1) is 5.69 Å². The number of phenols is 1. The molecular weight excluding hydrogens is 182 g/mol. The molecule has 0 amide bonds. The molecule has 0 fully saturated rings. The van der Waals surface area contributed by atoms with E-state index in [1.807, 2.05) is 0 Å². The van der Waals surface area contributed by atoms with E-state index in [1.54, 1.807) is 18.2 Å². The van der Waals surface area contributed by atoms with Gasteiger partial charge in [0.1, 0.15) is 12.1 Å². The lowest BCUT2D eigenvalue weighted by atomic mass is 10.3. The molecule has 0 saturated heterocycles. The van der Waals surface area contributed by atoms with E-state index < -0.39 is 0 Å². The maximum atomic E-state index is 10.6. The number of phenolic OH excluding ortho intramolecular Hbond substituents is 1. The number of aromatic hydroxyl groups is 1. The van der Waals surface area contributed by atoms with Crippen LogP contribution >= 0.6 is 0 Å². The maximum Gasteiger partial charge on any atom is 0.201 e. The van der Waals surface area contributed by atoms with Crippen LogP contribution in [0, 0.1) is 0 Å². The molecule has 70 valence electrons. The number of nitrogens with zero attached hydrogens (tertiary/aromatic N) is 3. The van der Waals surface area contributed by atoms with E-state index in [0.29, 0.717) is 12.0 Å². The standard InChI is InChI=1S/C9H7N3O2/c13-5-9-11-10-6-12(9)7-3-1-2-4-8(7)14/h1-6,14H. The lowest BCUT2D eigenvalue weighted by molar-refractivity contribution is 0.111. The zero-order valence-corrected chi connectivity index (χ0v) is 7.16. The smallest absolute Gasteiger partial charge is 0.201 e. The van der Waals surface area contributed by atoms with Crippen LogP contribution in [0.2, 0.25) is 0 Å². The Kier molecular flexibility index (Phi) is 1.98. The van der Waals surface area contributed by atoms with Crippen molar-refractivity contribution in [3.8, 4) is 11.4 Å². The number of para-hydroxylation sites is 2. The molecule has 14 heavy (non-hydrogen) atoms. The predicted octanol–water partition coefficient (Wildman–Crippen LogP) is 0.785. The van der Waals surface area contributed by atoms with Crippen molar-refractivity contribution in [1.82, 2.24) is 14.8 Å². The highest BCUT2D eigenvalue weighted by Crippen LogP contribution is 2.20. The molecule has 2 rings (SSSR count). The first-order valence-electron chi connectivity index (χ1n) is 3.96. The summed E-state index contributed by atoms with van der Waals surface area (Å²) >= 11 is 0. The van der Waals surface area contributed by atoms with Crippen LogP contribution in [-0.2, 0) is 0 Å². The molecule has 1 heterocycles. The Hall–Kier alpha value is -2.17. The van der Waals surface area contributed by atoms with Gasteiger partial charge in [-0.05, 0) is 12.1 Å². The molecule has 0 aliphatic carbocycles. The van der Waals surface area contributed by atoms with E-state index in [4.69, 9.17) is 0 Å². The molecule has 0 atom stereocenters. The van der Waals surface area contributed by atoms with Crippen LogP contribution in [-0.4, -0.2) is 26.2 Å². The minimum absolute atomic E-state index is 0.0791. The van der Waals surface area contributed by atoms with Crippen molar-refractivity contribution in [2.45, 2.75) is 0 Å². The summed E-state index contributed by atoms with van der Waals surface area (Å²) in [5.41, 5.74) is 0.486. The first kappa shape index (κ1) is 8.43. The SMILES string of the molecule is O=Cc1nncn1-c1ccccc1O. The van der Waals surface area contributed by atoms with E-state index in [9.17, 15) is 9.90 Å². The number of carbonyl (C=O) groups excluding carboxylic acids is 1. The largest absolute Gasteiger partial charge is 0.506 e. The molecule has 2 aromatic rings. The Morgan fingerprint density at radius 3 is 2.86 bits per heavy atom.